The summed E-state index contributed by atoms with van der Waals surface area (Å²) in [5.41, 5.74) is -1.00. The number of carbonyl (C=O) groups excluding carboxylic acids is 2. The number of halogens is 2. The third-order valence-corrected chi connectivity index (χ3v) is 7.43. The van der Waals surface area contributed by atoms with E-state index < -0.39 is 21.6 Å². The zero-order valence-electron chi connectivity index (χ0n) is 14.2. The van der Waals surface area contributed by atoms with E-state index in [4.69, 9.17) is 23.2 Å². The van der Waals surface area contributed by atoms with Crippen LogP contribution in [0.5, 0.6) is 0 Å². The molecular weight excluding hydrogens is 401 g/mol. The number of urea groups is 1. The fraction of sp³-hybridized carbons (Fsp3) is 0.500. The maximum Gasteiger partial charge on any atom is 0.325 e. The molecule has 1 N–H and O–H groups in total. The highest BCUT2D eigenvalue weighted by Crippen LogP contribution is 2.33. The molecule has 0 bridgehead atoms. The average molecular weight is 420 g/mol. The van der Waals surface area contributed by atoms with Crippen LogP contribution in [0.4, 0.5) is 4.79 Å². The van der Waals surface area contributed by atoms with E-state index in [0.717, 1.165) is 0 Å². The minimum Gasteiger partial charge on any atom is -0.323 e. The van der Waals surface area contributed by atoms with Gasteiger partial charge in [0.2, 0.25) is 10.0 Å². The molecule has 0 aliphatic carbocycles. The number of amides is 3. The Morgan fingerprint density at radius 1 is 1.15 bits per heavy atom. The summed E-state index contributed by atoms with van der Waals surface area (Å²) < 4.78 is 26.9. The number of hydrogen-bond acceptors (Lipinski definition) is 4. The van der Waals surface area contributed by atoms with Gasteiger partial charge in [0.05, 0.1) is 14.9 Å². The van der Waals surface area contributed by atoms with Crippen LogP contribution in [-0.4, -0.2) is 54.7 Å². The molecule has 2 heterocycles. The van der Waals surface area contributed by atoms with Crippen LogP contribution in [0.3, 0.4) is 0 Å². The van der Waals surface area contributed by atoms with Crippen LogP contribution in [-0.2, 0) is 14.8 Å². The third kappa shape index (κ3) is 3.19. The molecule has 1 aromatic rings. The zero-order chi connectivity index (χ0) is 19.1. The van der Waals surface area contributed by atoms with Gasteiger partial charge >= 0.3 is 6.03 Å². The fourth-order valence-corrected chi connectivity index (χ4v) is 5.17. The van der Waals surface area contributed by atoms with E-state index in [2.05, 4.69) is 5.32 Å². The van der Waals surface area contributed by atoms with Crippen LogP contribution in [0.25, 0.3) is 0 Å². The molecule has 3 amide bonds. The molecule has 0 saturated carbocycles. The van der Waals surface area contributed by atoms with Crippen LogP contribution in [0.1, 0.15) is 26.2 Å². The van der Waals surface area contributed by atoms with Crippen molar-refractivity contribution in [3.63, 3.8) is 0 Å². The lowest BCUT2D eigenvalue weighted by Crippen LogP contribution is -2.55. The summed E-state index contributed by atoms with van der Waals surface area (Å²) in [5, 5.41) is 3.20. The van der Waals surface area contributed by atoms with Crippen molar-refractivity contribution in [1.82, 2.24) is 14.5 Å². The summed E-state index contributed by atoms with van der Waals surface area (Å²) in [5.74, 6) is -0.268. The van der Waals surface area contributed by atoms with Gasteiger partial charge in [-0.1, -0.05) is 30.1 Å². The number of hydrogen-bond donors (Lipinski definition) is 1. The van der Waals surface area contributed by atoms with E-state index in [0.29, 0.717) is 13.0 Å². The molecular formula is C16H19Cl2N3O4S. The molecule has 3 rings (SSSR count). The molecule has 1 aromatic carbocycles. The van der Waals surface area contributed by atoms with Crippen molar-refractivity contribution >= 4 is 45.2 Å². The van der Waals surface area contributed by atoms with Gasteiger partial charge in [-0.25, -0.2) is 13.2 Å². The maximum atomic E-state index is 12.8. The molecule has 0 radical (unpaired) electrons. The molecule has 10 heteroatoms. The molecule has 26 heavy (non-hydrogen) atoms. The van der Waals surface area contributed by atoms with Gasteiger partial charge in [0, 0.05) is 19.6 Å². The van der Waals surface area contributed by atoms with Gasteiger partial charge in [0.25, 0.3) is 5.91 Å². The first-order valence-corrected chi connectivity index (χ1v) is 10.5. The number of sulfonamides is 1. The highest BCUT2D eigenvalue weighted by Gasteiger charge is 2.53. The normalized spacial score (nSPS) is 20.7. The predicted molar refractivity (Wildman–Crippen MR) is 97.7 cm³/mol. The Morgan fingerprint density at radius 2 is 1.81 bits per heavy atom. The van der Waals surface area contributed by atoms with Gasteiger partial charge in [-0.2, -0.15) is 4.31 Å². The van der Waals surface area contributed by atoms with Crippen molar-refractivity contribution in [3.05, 3.63) is 28.2 Å². The van der Waals surface area contributed by atoms with Crippen LogP contribution >= 0.6 is 23.2 Å². The summed E-state index contributed by atoms with van der Waals surface area (Å²) in [6.45, 7) is 2.51. The molecule has 0 atom stereocenters. The van der Waals surface area contributed by atoms with E-state index >= 15 is 0 Å². The lowest BCUT2D eigenvalue weighted by atomic mass is 9.88. The summed E-state index contributed by atoms with van der Waals surface area (Å²) in [7, 11) is -3.75. The minimum absolute atomic E-state index is 0.0530. The van der Waals surface area contributed by atoms with Crippen molar-refractivity contribution < 1.29 is 18.0 Å². The van der Waals surface area contributed by atoms with Gasteiger partial charge < -0.3 is 5.32 Å². The number of rotatable bonds is 4. The van der Waals surface area contributed by atoms with Crippen LogP contribution in [0.15, 0.2) is 23.1 Å². The van der Waals surface area contributed by atoms with Crippen LogP contribution in [0.2, 0.25) is 10.0 Å². The molecule has 7 nitrogen and oxygen atoms in total. The number of carbonyl (C=O) groups is 2. The summed E-state index contributed by atoms with van der Waals surface area (Å²) in [6.07, 6.45) is 1.14. The fourth-order valence-electron chi connectivity index (χ4n) is 3.34. The second-order valence-corrected chi connectivity index (χ2v) is 9.20. The zero-order valence-corrected chi connectivity index (χ0v) is 16.5. The van der Waals surface area contributed by atoms with Crippen molar-refractivity contribution in [2.45, 2.75) is 36.6 Å². The minimum atomic E-state index is -3.75. The molecule has 142 valence electrons. The number of imide groups is 1. The van der Waals surface area contributed by atoms with Crippen molar-refractivity contribution in [2.75, 3.05) is 19.6 Å². The Kier molecular flexibility index (Phi) is 5.22. The SMILES string of the molecule is CCCN1C(=O)NC2(CCN(S(=O)(=O)c3ccc(Cl)c(Cl)c3)CC2)C1=O. The largest absolute Gasteiger partial charge is 0.325 e. The maximum absolute atomic E-state index is 12.8. The van der Waals surface area contributed by atoms with Crippen molar-refractivity contribution in [2.24, 2.45) is 0 Å². The summed E-state index contributed by atoms with van der Waals surface area (Å²) >= 11 is 11.8. The molecule has 2 aliphatic heterocycles. The summed E-state index contributed by atoms with van der Waals surface area (Å²) in [4.78, 5) is 26.0. The van der Waals surface area contributed by atoms with E-state index in [9.17, 15) is 18.0 Å². The Hall–Kier alpha value is -1.35. The predicted octanol–water partition coefficient (Wildman–Crippen LogP) is 2.48. The quantitative estimate of drug-likeness (QED) is 0.759. The molecule has 2 saturated heterocycles. The third-order valence-electron chi connectivity index (χ3n) is 4.80. The van der Waals surface area contributed by atoms with Crippen molar-refractivity contribution in [1.29, 1.82) is 0 Å². The Balaban J connectivity index is 1.77. The number of nitrogens with one attached hydrogen (secondary N) is 1. The van der Waals surface area contributed by atoms with Crippen LogP contribution < -0.4 is 5.32 Å². The molecule has 1 spiro atoms. The Morgan fingerprint density at radius 3 is 2.38 bits per heavy atom. The van der Waals surface area contributed by atoms with Gasteiger partial charge in [-0.05, 0) is 37.5 Å². The highest BCUT2D eigenvalue weighted by molar-refractivity contribution is 7.89. The second kappa shape index (κ2) is 6.99. The Labute approximate surface area is 162 Å². The van der Waals surface area contributed by atoms with E-state index in [1.807, 2.05) is 6.92 Å². The topological polar surface area (TPSA) is 86.8 Å². The van der Waals surface area contributed by atoms with Gasteiger partial charge in [0.1, 0.15) is 5.54 Å². The number of piperidine rings is 1. The first-order valence-electron chi connectivity index (χ1n) is 8.30. The van der Waals surface area contributed by atoms with Crippen LogP contribution in [0, 0.1) is 0 Å². The van der Waals surface area contributed by atoms with Gasteiger partial charge in [-0.15, -0.1) is 0 Å². The lowest BCUT2D eigenvalue weighted by Gasteiger charge is -2.36. The van der Waals surface area contributed by atoms with E-state index in [1.54, 1.807) is 0 Å². The van der Waals surface area contributed by atoms with Gasteiger partial charge in [0.15, 0.2) is 0 Å². The van der Waals surface area contributed by atoms with E-state index in [-0.39, 0.29) is 46.8 Å². The highest BCUT2D eigenvalue weighted by atomic mass is 35.5. The lowest BCUT2D eigenvalue weighted by molar-refractivity contribution is -0.132. The monoisotopic (exact) mass is 419 g/mol. The standard InChI is InChI=1S/C16H19Cl2N3O4S/c1-2-7-21-14(22)16(19-15(21)23)5-8-20(9-6-16)26(24,25)11-3-4-12(17)13(18)10-11/h3-4,10H,2,5-9H2,1H3,(H,19,23). The molecule has 2 fully saturated rings. The first-order chi connectivity index (χ1) is 12.2. The number of benzene rings is 1. The Bertz CT molecular complexity index is 851. The summed E-state index contributed by atoms with van der Waals surface area (Å²) in [6, 6.07) is 3.75. The molecule has 0 aromatic heterocycles. The van der Waals surface area contributed by atoms with Gasteiger partial charge in [-0.3, -0.25) is 9.69 Å². The van der Waals surface area contributed by atoms with Crippen molar-refractivity contribution in [3.8, 4) is 0 Å². The second-order valence-electron chi connectivity index (χ2n) is 6.45. The number of nitrogens with zero attached hydrogens (tertiary/aromatic N) is 2. The molecule has 2 aliphatic rings. The van der Waals surface area contributed by atoms with E-state index in [1.165, 1.54) is 27.4 Å². The average Bonchev–Trinajstić information content (AvgIpc) is 2.82. The first kappa shape index (κ1) is 19.4. The smallest absolute Gasteiger partial charge is 0.323 e. The molecule has 0 unspecified atom stereocenters.